The van der Waals surface area contributed by atoms with Crippen LogP contribution in [-0.2, 0) is 4.79 Å². The second-order valence-electron chi connectivity index (χ2n) is 3.29. The molecule has 0 amide bonds. The van der Waals surface area contributed by atoms with Crippen LogP contribution in [-0.4, -0.2) is 5.78 Å². The largest absolute Gasteiger partial charge is 0.402 e. The highest BCUT2D eigenvalue weighted by Crippen LogP contribution is 2.04. The summed E-state index contributed by atoms with van der Waals surface area (Å²) in [6, 6.07) is 0. The zero-order valence-corrected chi connectivity index (χ0v) is 7.55. The number of allylic oxidation sites excluding steroid dienone is 2. The van der Waals surface area contributed by atoms with Crippen LogP contribution in [0.1, 0.15) is 33.6 Å². The highest BCUT2D eigenvalue weighted by Gasteiger charge is 1.99. The van der Waals surface area contributed by atoms with E-state index in [2.05, 4.69) is 13.8 Å². The van der Waals surface area contributed by atoms with E-state index in [0.717, 1.165) is 6.42 Å². The predicted molar refractivity (Wildman–Crippen MR) is 47.0 cm³/mol. The Hall–Kier alpha value is -0.790. The van der Waals surface area contributed by atoms with Gasteiger partial charge in [0.15, 0.2) is 5.78 Å². The summed E-state index contributed by atoms with van der Waals surface area (Å²) < 4.78 is 0. The zero-order valence-electron chi connectivity index (χ0n) is 7.55. The minimum absolute atomic E-state index is 0.138. The van der Waals surface area contributed by atoms with Crippen molar-refractivity contribution < 1.29 is 4.79 Å². The van der Waals surface area contributed by atoms with Crippen molar-refractivity contribution in [3.05, 3.63) is 11.8 Å². The average molecular weight is 155 g/mol. The van der Waals surface area contributed by atoms with Crippen LogP contribution in [0.4, 0.5) is 0 Å². The summed E-state index contributed by atoms with van der Waals surface area (Å²) in [5.74, 6) is 0.726. The van der Waals surface area contributed by atoms with Gasteiger partial charge in [0.05, 0.1) is 0 Å². The first-order valence-electron chi connectivity index (χ1n) is 3.99. The lowest BCUT2D eigenvalue weighted by molar-refractivity contribution is -0.114. The van der Waals surface area contributed by atoms with Crippen molar-refractivity contribution >= 4 is 5.78 Å². The fourth-order valence-corrected chi connectivity index (χ4v) is 0.757. The van der Waals surface area contributed by atoms with Crippen LogP contribution < -0.4 is 5.73 Å². The summed E-state index contributed by atoms with van der Waals surface area (Å²) >= 11 is 0. The fourth-order valence-electron chi connectivity index (χ4n) is 0.757. The first-order chi connectivity index (χ1) is 5.02. The van der Waals surface area contributed by atoms with Gasteiger partial charge < -0.3 is 5.73 Å². The summed E-state index contributed by atoms with van der Waals surface area (Å²) in [7, 11) is 0. The minimum Gasteiger partial charge on any atom is -0.402 e. The molecular formula is C9H17NO. The smallest absolute Gasteiger partial charge is 0.157 e. The summed E-state index contributed by atoms with van der Waals surface area (Å²) in [5.41, 5.74) is 5.94. The summed E-state index contributed by atoms with van der Waals surface area (Å²) in [5, 5.41) is 0. The highest BCUT2D eigenvalue weighted by atomic mass is 16.1. The Balaban J connectivity index is 3.63. The summed E-state index contributed by atoms with van der Waals surface area (Å²) in [4.78, 5) is 11.0. The van der Waals surface area contributed by atoms with Crippen molar-refractivity contribution in [3.63, 3.8) is 0 Å². The van der Waals surface area contributed by atoms with Gasteiger partial charge in [-0.1, -0.05) is 13.8 Å². The van der Waals surface area contributed by atoms with E-state index in [9.17, 15) is 4.79 Å². The van der Waals surface area contributed by atoms with Crippen molar-refractivity contribution in [3.8, 4) is 0 Å². The van der Waals surface area contributed by atoms with Crippen LogP contribution in [0.2, 0.25) is 0 Å². The molecule has 0 aliphatic carbocycles. The van der Waals surface area contributed by atoms with Crippen molar-refractivity contribution in [2.45, 2.75) is 33.6 Å². The maximum absolute atomic E-state index is 11.0. The molecule has 0 atom stereocenters. The second kappa shape index (κ2) is 4.94. The first kappa shape index (κ1) is 10.2. The third-order valence-electron chi connectivity index (χ3n) is 1.36. The van der Waals surface area contributed by atoms with Crippen molar-refractivity contribution in [2.75, 3.05) is 0 Å². The lowest BCUT2D eigenvalue weighted by atomic mass is 10.1. The van der Waals surface area contributed by atoms with Crippen LogP contribution in [0.3, 0.4) is 0 Å². The molecule has 2 heteroatoms. The lowest BCUT2D eigenvalue weighted by Crippen LogP contribution is -2.00. The molecule has 0 heterocycles. The van der Waals surface area contributed by atoms with Crippen LogP contribution in [0.15, 0.2) is 11.8 Å². The van der Waals surface area contributed by atoms with Crippen molar-refractivity contribution in [1.29, 1.82) is 0 Å². The minimum atomic E-state index is 0.138. The number of carbonyl (C=O) groups is 1. The number of hydrogen-bond donors (Lipinski definition) is 1. The number of nitrogens with two attached hydrogens (primary N) is 1. The molecular weight excluding hydrogens is 138 g/mol. The van der Waals surface area contributed by atoms with Crippen LogP contribution in [0.5, 0.6) is 0 Å². The van der Waals surface area contributed by atoms with E-state index in [1.807, 2.05) is 0 Å². The van der Waals surface area contributed by atoms with E-state index in [1.54, 1.807) is 6.92 Å². The van der Waals surface area contributed by atoms with E-state index in [4.69, 9.17) is 5.73 Å². The fraction of sp³-hybridized carbons (Fsp3) is 0.667. The van der Waals surface area contributed by atoms with Crippen molar-refractivity contribution in [2.24, 2.45) is 11.7 Å². The molecule has 0 aliphatic rings. The van der Waals surface area contributed by atoms with Gasteiger partial charge in [-0.3, -0.25) is 4.79 Å². The van der Waals surface area contributed by atoms with Crippen LogP contribution >= 0.6 is 0 Å². The van der Waals surface area contributed by atoms with Gasteiger partial charge in [0.2, 0.25) is 0 Å². The van der Waals surface area contributed by atoms with Gasteiger partial charge in [0, 0.05) is 12.1 Å². The first-order valence-corrected chi connectivity index (χ1v) is 3.99. The molecule has 0 aromatic rings. The van der Waals surface area contributed by atoms with Gasteiger partial charge in [0.25, 0.3) is 0 Å². The Labute approximate surface area is 68.5 Å². The molecule has 2 nitrogen and oxygen atoms in total. The summed E-state index contributed by atoms with van der Waals surface area (Å²) in [6.45, 7) is 5.94. The molecule has 0 saturated heterocycles. The Morgan fingerprint density at radius 2 is 2.09 bits per heavy atom. The van der Waals surface area contributed by atoms with E-state index < -0.39 is 0 Å². The molecule has 0 radical (unpaired) electrons. The van der Waals surface area contributed by atoms with Crippen LogP contribution in [0, 0.1) is 5.92 Å². The molecule has 0 fully saturated rings. The van der Waals surface area contributed by atoms with Gasteiger partial charge in [-0.15, -0.1) is 0 Å². The predicted octanol–water partition coefficient (Wildman–Crippen LogP) is 1.85. The van der Waals surface area contributed by atoms with Crippen LogP contribution in [0.25, 0.3) is 0 Å². The zero-order chi connectivity index (χ0) is 8.85. The second-order valence-corrected chi connectivity index (χ2v) is 3.29. The monoisotopic (exact) mass is 155 g/mol. The third kappa shape index (κ3) is 7.10. The van der Waals surface area contributed by atoms with E-state index >= 15 is 0 Å². The standard InChI is InChI=1S/C9H17NO/c1-7(2)4-5-9(11)6-8(3)10/h6-7H,4-5,10H2,1-3H3. The molecule has 0 spiro atoms. The third-order valence-corrected chi connectivity index (χ3v) is 1.36. The molecule has 2 N–H and O–H groups in total. The van der Waals surface area contributed by atoms with E-state index in [-0.39, 0.29) is 5.78 Å². The molecule has 0 saturated carbocycles. The molecule has 0 aliphatic heterocycles. The quantitative estimate of drug-likeness (QED) is 0.630. The van der Waals surface area contributed by atoms with E-state index in [0.29, 0.717) is 18.0 Å². The number of ketones is 1. The van der Waals surface area contributed by atoms with Gasteiger partial charge in [-0.05, 0) is 25.3 Å². The lowest BCUT2D eigenvalue weighted by Gasteiger charge is -2.00. The van der Waals surface area contributed by atoms with Gasteiger partial charge in [-0.2, -0.15) is 0 Å². The Morgan fingerprint density at radius 1 is 1.55 bits per heavy atom. The topological polar surface area (TPSA) is 43.1 Å². The Morgan fingerprint density at radius 3 is 2.45 bits per heavy atom. The molecule has 0 aromatic carbocycles. The number of rotatable bonds is 4. The Bertz CT molecular complexity index is 155. The number of carbonyl (C=O) groups excluding carboxylic acids is 1. The van der Waals surface area contributed by atoms with Gasteiger partial charge >= 0.3 is 0 Å². The molecule has 0 aromatic heterocycles. The summed E-state index contributed by atoms with van der Waals surface area (Å²) in [6.07, 6.45) is 3.07. The highest BCUT2D eigenvalue weighted by molar-refractivity contribution is 5.90. The number of hydrogen-bond acceptors (Lipinski definition) is 2. The SMILES string of the molecule is CC(N)=CC(=O)CCC(C)C. The molecule has 64 valence electrons. The molecule has 0 unspecified atom stereocenters. The van der Waals surface area contributed by atoms with Gasteiger partial charge in [0.1, 0.15) is 0 Å². The molecule has 0 rings (SSSR count). The van der Waals surface area contributed by atoms with E-state index in [1.165, 1.54) is 6.08 Å². The maximum Gasteiger partial charge on any atom is 0.157 e. The molecule has 0 bridgehead atoms. The molecule has 11 heavy (non-hydrogen) atoms. The Kier molecular flexibility index (Phi) is 4.59. The van der Waals surface area contributed by atoms with Gasteiger partial charge in [-0.25, -0.2) is 0 Å². The maximum atomic E-state index is 11.0. The van der Waals surface area contributed by atoms with Crippen molar-refractivity contribution in [1.82, 2.24) is 0 Å². The normalized spacial score (nSPS) is 12.2. The average Bonchev–Trinajstić information content (AvgIpc) is 1.82.